The highest BCUT2D eigenvalue weighted by Crippen LogP contribution is 2.20. The first-order chi connectivity index (χ1) is 10.1. The van der Waals surface area contributed by atoms with Crippen molar-refractivity contribution in [3.8, 4) is 5.75 Å². The number of ether oxygens (including phenoxy) is 2. The zero-order chi connectivity index (χ0) is 15.2. The third-order valence-electron chi connectivity index (χ3n) is 2.62. The Bertz CT molecular complexity index is 629. The normalized spacial score (nSPS) is 10.2. The lowest BCUT2D eigenvalue weighted by atomic mass is 10.2. The van der Waals surface area contributed by atoms with Crippen LogP contribution in [0.4, 0.5) is 5.69 Å². The second-order valence-electron chi connectivity index (χ2n) is 4.27. The van der Waals surface area contributed by atoms with Crippen molar-refractivity contribution < 1.29 is 14.3 Å². The van der Waals surface area contributed by atoms with Crippen molar-refractivity contribution in [1.29, 1.82) is 0 Å². The second-order valence-corrected chi connectivity index (χ2v) is 5.18. The maximum Gasteiger partial charge on any atom is 0.338 e. The molecule has 0 spiro atoms. The molecule has 6 heteroatoms. The molecular weight excluding hydrogens is 336 g/mol. The fraction of sp³-hybridized carbons (Fsp3) is 0.200. The Hall–Kier alpha value is -2.08. The lowest BCUT2D eigenvalue weighted by Gasteiger charge is -2.08. The topological polar surface area (TPSA) is 74.4 Å². The van der Waals surface area contributed by atoms with E-state index in [4.69, 9.17) is 15.2 Å². The number of pyridine rings is 1. The maximum absolute atomic E-state index is 12.0. The van der Waals surface area contributed by atoms with Crippen LogP contribution in [0.5, 0.6) is 5.75 Å². The lowest BCUT2D eigenvalue weighted by molar-refractivity contribution is 0.0467. The Kier molecular flexibility index (Phi) is 5.16. The Balaban J connectivity index is 2.04. The van der Waals surface area contributed by atoms with E-state index in [1.807, 2.05) is 13.0 Å². The van der Waals surface area contributed by atoms with Gasteiger partial charge in [0.25, 0.3) is 0 Å². The predicted octanol–water partition coefficient (Wildman–Crippen LogP) is 3.18. The van der Waals surface area contributed by atoms with Gasteiger partial charge in [-0.05, 0) is 47.1 Å². The first kappa shape index (κ1) is 15.3. The molecule has 110 valence electrons. The third kappa shape index (κ3) is 4.46. The number of nitrogens with zero attached hydrogens (tertiary/aromatic N) is 1. The molecule has 21 heavy (non-hydrogen) atoms. The first-order valence-electron chi connectivity index (χ1n) is 6.39. The van der Waals surface area contributed by atoms with Gasteiger partial charge in [-0.1, -0.05) is 0 Å². The molecule has 0 aliphatic carbocycles. The van der Waals surface area contributed by atoms with Crippen LogP contribution < -0.4 is 10.5 Å². The molecule has 1 aromatic heterocycles. The van der Waals surface area contributed by atoms with Crippen LogP contribution in [0, 0.1) is 0 Å². The van der Waals surface area contributed by atoms with Crippen molar-refractivity contribution in [2.75, 3.05) is 12.3 Å². The number of hydrogen-bond acceptors (Lipinski definition) is 5. The highest BCUT2D eigenvalue weighted by molar-refractivity contribution is 9.10. The van der Waals surface area contributed by atoms with E-state index in [0.717, 1.165) is 4.47 Å². The molecule has 0 saturated carbocycles. The van der Waals surface area contributed by atoms with E-state index in [1.165, 1.54) is 0 Å². The summed E-state index contributed by atoms with van der Waals surface area (Å²) in [4.78, 5) is 16.2. The number of rotatable bonds is 5. The number of hydrogen-bond donors (Lipinski definition) is 1. The van der Waals surface area contributed by atoms with Gasteiger partial charge in [-0.25, -0.2) is 4.79 Å². The summed E-state index contributed by atoms with van der Waals surface area (Å²) in [6.07, 6.45) is 1.65. The second kappa shape index (κ2) is 7.08. The van der Waals surface area contributed by atoms with Crippen LogP contribution >= 0.6 is 15.9 Å². The van der Waals surface area contributed by atoms with E-state index in [1.54, 1.807) is 30.5 Å². The summed E-state index contributed by atoms with van der Waals surface area (Å²) in [5.41, 5.74) is 7.22. The molecule has 5 nitrogen and oxygen atoms in total. The average molecular weight is 351 g/mol. The smallest absolute Gasteiger partial charge is 0.338 e. The first-order valence-corrected chi connectivity index (χ1v) is 7.18. The predicted molar refractivity (Wildman–Crippen MR) is 83.1 cm³/mol. The van der Waals surface area contributed by atoms with E-state index in [0.29, 0.717) is 29.3 Å². The van der Waals surface area contributed by atoms with E-state index in [-0.39, 0.29) is 6.61 Å². The molecule has 0 aliphatic rings. The summed E-state index contributed by atoms with van der Waals surface area (Å²) in [5.74, 6) is 0.0826. The van der Waals surface area contributed by atoms with Crippen molar-refractivity contribution in [1.82, 2.24) is 4.98 Å². The average Bonchev–Trinajstić information content (AvgIpc) is 2.46. The summed E-state index contributed by atoms with van der Waals surface area (Å²) in [7, 11) is 0. The standard InChI is InChI=1S/C15H15BrN2O3/c1-2-20-14-6-10(5-12(17)7-14)15(19)21-9-13-4-3-11(16)8-18-13/h3-8H,2,9,17H2,1H3. The Labute approximate surface area is 131 Å². The van der Waals surface area contributed by atoms with Gasteiger partial charge in [0.05, 0.1) is 17.9 Å². The van der Waals surface area contributed by atoms with Crippen LogP contribution in [-0.2, 0) is 11.3 Å². The van der Waals surface area contributed by atoms with Crippen LogP contribution in [0.15, 0.2) is 41.0 Å². The molecule has 0 bridgehead atoms. The number of nitrogens with two attached hydrogens (primary N) is 1. The number of aromatic nitrogens is 1. The molecule has 0 fully saturated rings. The molecule has 2 rings (SSSR count). The zero-order valence-electron chi connectivity index (χ0n) is 11.5. The minimum atomic E-state index is -0.465. The molecule has 0 saturated heterocycles. The van der Waals surface area contributed by atoms with E-state index >= 15 is 0 Å². The Morgan fingerprint density at radius 1 is 1.33 bits per heavy atom. The zero-order valence-corrected chi connectivity index (χ0v) is 13.1. The minimum absolute atomic E-state index is 0.102. The molecule has 1 heterocycles. The number of carbonyl (C=O) groups is 1. The van der Waals surface area contributed by atoms with Gasteiger partial charge >= 0.3 is 5.97 Å². The molecule has 0 atom stereocenters. The van der Waals surface area contributed by atoms with Gasteiger partial charge in [-0.3, -0.25) is 4.98 Å². The molecule has 1 aromatic carbocycles. The van der Waals surface area contributed by atoms with E-state index in [9.17, 15) is 4.79 Å². The van der Waals surface area contributed by atoms with Gasteiger partial charge in [-0.2, -0.15) is 0 Å². The molecule has 2 aromatic rings. The summed E-state index contributed by atoms with van der Waals surface area (Å²) in [6, 6.07) is 8.44. The van der Waals surface area contributed by atoms with Gasteiger partial charge in [0, 0.05) is 22.4 Å². The van der Waals surface area contributed by atoms with Crippen LogP contribution in [-0.4, -0.2) is 17.6 Å². The van der Waals surface area contributed by atoms with Crippen molar-refractivity contribution in [2.45, 2.75) is 13.5 Å². The Morgan fingerprint density at radius 3 is 2.81 bits per heavy atom. The molecular formula is C15H15BrN2O3. The fourth-order valence-corrected chi connectivity index (χ4v) is 1.94. The van der Waals surface area contributed by atoms with Gasteiger partial charge < -0.3 is 15.2 Å². The number of anilines is 1. The third-order valence-corrected chi connectivity index (χ3v) is 3.08. The van der Waals surface area contributed by atoms with Crippen LogP contribution in [0.3, 0.4) is 0 Å². The summed E-state index contributed by atoms with van der Waals surface area (Å²) in [6.45, 7) is 2.46. The largest absolute Gasteiger partial charge is 0.494 e. The van der Waals surface area contributed by atoms with E-state index < -0.39 is 5.97 Å². The molecule has 0 unspecified atom stereocenters. The minimum Gasteiger partial charge on any atom is -0.494 e. The summed E-state index contributed by atoms with van der Waals surface area (Å²) < 4.78 is 11.4. The van der Waals surface area contributed by atoms with Crippen molar-refractivity contribution in [3.63, 3.8) is 0 Å². The summed E-state index contributed by atoms with van der Waals surface area (Å²) in [5, 5.41) is 0. The number of esters is 1. The van der Waals surface area contributed by atoms with Crippen molar-refractivity contribution in [3.05, 3.63) is 52.3 Å². The lowest BCUT2D eigenvalue weighted by Crippen LogP contribution is -2.07. The van der Waals surface area contributed by atoms with Crippen molar-refractivity contribution in [2.24, 2.45) is 0 Å². The monoisotopic (exact) mass is 350 g/mol. The number of carbonyl (C=O) groups excluding carboxylic acids is 1. The number of halogens is 1. The SMILES string of the molecule is CCOc1cc(N)cc(C(=O)OCc2ccc(Br)cn2)c1. The van der Waals surface area contributed by atoms with Gasteiger partial charge in [0.15, 0.2) is 0 Å². The molecule has 0 aliphatic heterocycles. The van der Waals surface area contributed by atoms with Crippen LogP contribution in [0.1, 0.15) is 23.0 Å². The maximum atomic E-state index is 12.0. The quantitative estimate of drug-likeness (QED) is 0.662. The van der Waals surface area contributed by atoms with Crippen LogP contribution in [0.25, 0.3) is 0 Å². The Morgan fingerprint density at radius 2 is 2.14 bits per heavy atom. The van der Waals surface area contributed by atoms with Crippen LogP contribution in [0.2, 0.25) is 0 Å². The van der Waals surface area contributed by atoms with Gasteiger partial charge in [0.2, 0.25) is 0 Å². The number of nitrogen functional groups attached to an aromatic ring is 1. The highest BCUT2D eigenvalue weighted by atomic mass is 79.9. The van der Waals surface area contributed by atoms with E-state index in [2.05, 4.69) is 20.9 Å². The molecule has 0 radical (unpaired) electrons. The van der Waals surface area contributed by atoms with Gasteiger partial charge in [-0.15, -0.1) is 0 Å². The molecule has 2 N–H and O–H groups in total. The fourth-order valence-electron chi connectivity index (χ4n) is 1.70. The highest BCUT2D eigenvalue weighted by Gasteiger charge is 2.10. The summed E-state index contributed by atoms with van der Waals surface area (Å²) >= 11 is 3.29. The van der Waals surface area contributed by atoms with Gasteiger partial charge in [0.1, 0.15) is 12.4 Å². The molecule has 0 amide bonds. The van der Waals surface area contributed by atoms with Crippen molar-refractivity contribution >= 4 is 27.6 Å². The number of benzene rings is 1.